The molecule has 1 aromatic carbocycles. The first-order valence-electron chi connectivity index (χ1n) is 7.09. The number of rotatable bonds is 3. The molecular weight excluding hydrogens is 236 g/mol. The van der Waals surface area contributed by atoms with Crippen molar-refractivity contribution in [1.29, 1.82) is 0 Å². The molecule has 0 spiro atoms. The van der Waals surface area contributed by atoms with Crippen LogP contribution in [0.25, 0.3) is 0 Å². The summed E-state index contributed by atoms with van der Waals surface area (Å²) in [6.07, 6.45) is 2.36. The van der Waals surface area contributed by atoms with Crippen molar-refractivity contribution in [2.75, 3.05) is 13.1 Å². The Kier molecular flexibility index (Phi) is 4.25. The molecule has 1 aliphatic rings. The van der Waals surface area contributed by atoms with Gasteiger partial charge in [-0.05, 0) is 36.4 Å². The highest BCUT2D eigenvalue weighted by Crippen LogP contribution is 2.25. The quantitative estimate of drug-likeness (QED) is 0.876. The summed E-state index contributed by atoms with van der Waals surface area (Å²) in [6, 6.07) is 8.32. The third kappa shape index (κ3) is 3.57. The van der Waals surface area contributed by atoms with Gasteiger partial charge >= 0.3 is 0 Å². The van der Waals surface area contributed by atoms with E-state index in [9.17, 15) is 4.79 Å². The van der Waals surface area contributed by atoms with Gasteiger partial charge in [0.1, 0.15) is 0 Å². The summed E-state index contributed by atoms with van der Waals surface area (Å²) in [5.41, 5.74) is 1.89. The lowest BCUT2D eigenvalue weighted by Gasteiger charge is -2.22. The lowest BCUT2D eigenvalue weighted by Crippen LogP contribution is -2.37. The van der Waals surface area contributed by atoms with Gasteiger partial charge in [0.25, 0.3) is 5.91 Å². The second-order valence-electron chi connectivity index (χ2n) is 6.30. The van der Waals surface area contributed by atoms with Gasteiger partial charge in [-0.1, -0.05) is 39.0 Å². The first kappa shape index (κ1) is 14.1. The number of nitrogens with one attached hydrogen (secondary N) is 2. The van der Waals surface area contributed by atoms with E-state index in [0.717, 1.165) is 30.6 Å². The molecule has 0 aromatic heterocycles. The van der Waals surface area contributed by atoms with Crippen molar-refractivity contribution in [2.45, 2.75) is 45.1 Å². The van der Waals surface area contributed by atoms with Crippen LogP contribution in [0, 0.1) is 0 Å². The van der Waals surface area contributed by atoms with E-state index in [1.54, 1.807) is 0 Å². The molecule has 1 atom stereocenters. The Bertz CT molecular complexity index is 442. The molecule has 104 valence electrons. The zero-order valence-electron chi connectivity index (χ0n) is 12.1. The van der Waals surface area contributed by atoms with Gasteiger partial charge in [0, 0.05) is 18.2 Å². The van der Waals surface area contributed by atoms with Crippen molar-refractivity contribution < 1.29 is 4.79 Å². The molecule has 19 heavy (non-hydrogen) atoms. The second kappa shape index (κ2) is 5.74. The first-order valence-corrected chi connectivity index (χ1v) is 7.09. The highest BCUT2D eigenvalue weighted by atomic mass is 16.1. The molecule has 0 saturated carbocycles. The third-order valence-electron chi connectivity index (χ3n) is 3.65. The van der Waals surface area contributed by atoms with Gasteiger partial charge < -0.3 is 10.6 Å². The SMILES string of the molecule is CC(C)(C)c1ccccc1C(=O)NCC1CCCN1. The zero-order valence-corrected chi connectivity index (χ0v) is 12.1. The van der Waals surface area contributed by atoms with Crippen LogP contribution in [0.3, 0.4) is 0 Å². The van der Waals surface area contributed by atoms with Crippen LogP contribution in [-0.2, 0) is 5.41 Å². The predicted octanol–water partition coefficient (Wildman–Crippen LogP) is 2.47. The van der Waals surface area contributed by atoms with Gasteiger partial charge in [-0.15, -0.1) is 0 Å². The summed E-state index contributed by atoms with van der Waals surface area (Å²) >= 11 is 0. The fourth-order valence-electron chi connectivity index (χ4n) is 2.58. The van der Waals surface area contributed by atoms with Crippen molar-refractivity contribution in [3.8, 4) is 0 Å². The molecule has 2 N–H and O–H groups in total. The number of carbonyl (C=O) groups is 1. The molecule has 3 nitrogen and oxygen atoms in total. The predicted molar refractivity (Wildman–Crippen MR) is 78.5 cm³/mol. The highest BCUT2D eigenvalue weighted by Gasteiger charge is 2.22. The van der Waals surface area contributed by atoms with Gasteiger partial charge in [-0.2, -0.15) is 0 Å². The van der Waals surface area contributed by atoms with Gasteiger partial charge in [0.15, 0.2) is 0 Å². The van der Waals surface area contributed by atoms with E-state index in [-0.39, 0.29) is 11.3 Å². The van der Waals surface area contributed by atoms with Gasteiger partial charge in [-0.25, -0.2) is 0 Å². The number of amides is 1. The van der Waals surface area contributed by atoms with Crippen LogP contribution in [0.2, 0.25) is 0 Å². The van der Waals surface area contributed by atoms with Crippen LogP contribution in [0.4, 0.5) is 0 Å². The minimum Gasteiger partial charge on any atom is -0.350 e. The van der Waals surface area contributed by atoms with Crippen molar-refractivity contribution >= 4 is 5.91 Å². The zero-order chi connectivity index (χ0) is 13.9. The van der Waals surface area contributed by atoms with E-state index >= 15 is 0 Å². The molecule has 1 aromatic rings. The maximum absolute atomic E-state index is 12.3. The van der Waals surface area contributed by atoms with Crippen LogP contribution in [0.15, 0.2) is 24.3 Å². The van der Waals surface area contributed by atoms with E-state index in [1.807, 2.05) is 24.3 Å². The van der Waals surface area contributed by atoms with Crippen molar-refractivity contribution in [3.05, 3.63) is 35.4 Å². The first-order chi connectivity index (χ1) is 8.98. The number of hydrogen-bond acceptors (Lipinski definition) is 2. The molecule has 1 saturated heterocycles. The van der Waals surface area contributed by atoms with Crippen molar-refractivity contribution in [3.63, 3.8) is 0 Å². The van der Waals surface area contributed by atoms with Crippen molar-refractivity contribution in [1.82, 2.24) is 10.6 Å². The molecule has 0 radical (unpaired) electrons. The second-order valence-corrected chi connectivity index (χ2v) is 6.30. The standard InChI is InChI=1S/C16H24N2O/c1-16(2,3)14-9-5-4-8-13(14)15(19)18-11-12-7-6-10-17-12/h4-5,8-9,12,17H,6-7,10-11H2,1-3H3,(H,18,19). The molecule has 1 aliphatic heterocycles. The Balaban J connectivity index is 2.06. The molecule has 0 aliphatic carbocycles. The number of benzene rings is 1. The monoisotopic (exact) mass is 260 g/mol. The van der Waals surface area contributed by atoms with Crippen molar-refractivity contribution in [2.24, 2.45) is 0 Å². The van der Waals surface area contributed by atoms with Gasteiger partial charge in [0.2, 0.25) is 0 Å². The fraction of sp³-hybridized carbons (Fsp3) is 0.562. The van der Waals surface area contributed by atoms with Gasteiger partial charge in [0.05, 0.1) is 0 Å². The Morgan fingerprint density at radius 1 is 1.37 bits per heavy atom. The van der Waals surface area contributed by atoms with Crippen LogP contribution < -0.4 is 10.6 Å². The summed E-state index contributed by atoms with van der Waals surface area (Å²) < 4.78 is 0. The minimum atomic E-state index is -0.0143. The Morgan fingerprint density at radius 3 is 2.74 bits per heavy atom. The topological polar surface area (TPSA) is 41.1 Å². The Morgan fingerprint density at radius 2 is 2.11 bits per heavy atom. The highest BCUT2D eigenvalue weighted by molar-refractivity contribution is 5.96. The normalized spacial score (nSPS) is 19.4. The average molecular weight is 260 g/mol. The Hall–Kier alpha value is -1.35. The van der Waals surface area contributed by atoms with E-state index in [0.29, 0.717) is 6.04 Å². The molecule has 1 unspecified atom stereocenters. The van der Waals surface area contributed by atoms with Gasteiger partial charge in [-0.3, -0.25) is 4.79 Å². The van der Waals surface area contributed by atoms with E-state index < -0.39 is 0 Å². The van der Waals surface area contributed by atoms with Crippen LogP contribution in [0.1, 0.15) is 49.5 Å². The average Bonchev–Trinajstić information content (AvgIpc) is 2.88. The molecule has 1 heterocycles. The molecule has 3 heteroatoms. The molecule has 1 fully saturated rings. The Labute approximate surface area is 115 Å². The molecule has 1 amide bonds. The number of carbonyl (C=O) groups excluding carboxylic acids is 1. The summed E-state index contributed by atoms with van der Waals surface area (Å²) in [5, 5.41) is 6.45. The molecule has 2 rings (SSSR count). The lowest BCUT2D eigenvalue weighted by atomic mass is 9.83. The summed E-state index contributed by atoms with van der Waals surface area (Å²) in [7, 11) is 0. The van der Waals surface area contributed by atoms with E-state index in [2.05, 4.69) is 31.4 Å². The molecule has 0 bridgehead atoms. The number of hydrogen-bond donors (Lipinski definition) is 2. The fourth-order valence-corrected chi connectivity index (χ4v) is 2.58. The maximum Gasteiger partial charge on any atom is 0.251 e. The smallest absolute Gasteiger partial charge is 0.251 e. The van der Waals surface area contributed by atoms with E-state index in [4.69, 9.17) is 0 Å². The largest absolute Gasteiger partial charge is 0.350 e. The summed E-state index contributed by atoms with van der Waals surface area (Å²) in [4.78, 5) is 12.3. The molecular formula is C16H24N2O. The van der Waals surface area contributed by atoms with Crippen LogP contribution in [-0.4, -0.2) is 25.0 Å². The summed E-state index contributed by atoms with van der Waals surface area (Å²) in [6.45, 7) is 8.20. The van der Waals surface area contributed by atoms with Crippen LogP contribution in [0.5, 0.6) is 0 Å². The third-order valence-corrected chi connectivity index (χ3v) is 3.65. The lowest BCUT2D eigenvalue weighted by molar-refractivity contribution is 0.0948. The maximum atomic E-state index is 12.3. The minimum absolute atomic E-state index is 0.0143. The van der Waals surface area contributed by atoms with E-state index in [1.165, 1.54) is 6.42 Å². The van der Waals surface area contributed by atoms with Crippen LogP contribution >= 0.6 is 0 Å². The summed E-state index contributed by atoms with van der Waals surface area (Å²) in [5.74, 6) is 0.0409.